The molecule has 1 fully saturated rings. The number of nitrogen functional groups attached to an aromatic ring is 1. The molecule has 0 aliphatic carbocycles. The normalized spacial score (nSPS) is 15.7. The molecular weight excluding hydrogens is 391 g/mol. The molecular formula is C22H24F3N5. The molecule has 2 heterocycles. The summed E-state index contributed by atoms with van der Waals surface area (Å²) in [7, 11) is 1.50. The number of alkyl halides is 3. The lowest BCUT2D eigenvalue weighted by molar-refractivity contribution is -0.140. The van der Waals surface area contributed by atoms with E-state index >= 15 is 0 Å². The summed E-state index contributed by atoms with van der Waals surface area (Å²) in [4.78, 5) is 4.25. The van der Waals surface area contributed by atoms with Crippen LogP contribution in [0.25, 0.3) is 0 Å². The van der Waals surface area contributed by atoms with Crippen LogP contribution in [-0.4, -0.2) is 40.9 Å². The SMILES string of the molecule is Cn1nc(C(F)(F)F)c(N)c1N1CCN(C(c2ccccc2)c2ccccc2)CC1. The molecule has 5 nitrogen and oxygen atoms in total. The number of rotatable bonds is 4. The molecule has 1 aromatic heterocycles. The minimum absolute atomic E-state index is 0.0872. The summed E-state index contributed by atoms with van der Waals surface area (Å²) < 4.78 is 40.7. The number of nitrogens with zero attached hydrogens (tertiary/aromatic N) is 4. The van der Waals surface area contributed by atoms with Crippen LogP contribution in [-0.2, 0) is 13.2 Å². The molecule has 0 atom stereocenters. The summed E-state index contributed by atoms with van der Waals surface area (Å²) in [5, 5.41) is 3.62. The first-order chi connectivity index (χ1) is 14.4. The van der Waals surface area contributed by atoms with E-state index in [-0.39, 0.29) is 11.7 Å². The van der Waals surface area contributed by atoms with Crippen LogP contribution in [0.2, 0.25) is 0 Å². The van der Waals surface area contributed by atoms with Crippen molar-refractivity contribution in [2.45, 2.75) is 12.2 Å². The molecule has 4 rings (SSSR count). The predicted molar refractivity (Wildman–Crippen MR) is 111 cm³/mol. The Morgan fingerprint density at radius 2 is 1.37 bits per heavy atom. The number of hydrogen-bond acceptors (Lipinski definition) is 4. The van der Waals surface area contributed by atoms with Crippen molar-refractivity contribution in [2.24, 2.45) is 7.05 Å². The molecule has 0 spiro atoms. The van der Waals surface area contributed by atoms with Crippen LogP contribution in [0.15, 0.2) is 60.7 Å². The van der Waals surface area contributed by atoms with Crippen molar-refractivity contribution in [3.63, 3.8) is 0 Å². The van der Waals surface area contributed by atoms with Crippen molar-refractivity contribution >= 4 is 11.5 Å². The Bertz CT molecular complexity index is 938. The Morgan fingerprint density at radius 3 is 1.80 bits per heavy atom. The lowest BCUT2D eigenvalue weighted by Crippen LogP contribution is -2.48. The van der Waals surface area contributed by atoms with Crippen molar-refractivity contribution in [3.05, 3.63) is 77.5 Å². The molecule has 2 aromatic carbocycles. The molecule has 3 aromatic rings. The third-order valence-electron chi connectivity index (χ3n) is 5.53. The molecule has 0 unspecified atom stereocenters. The number of aryl methyl sites for hydroxylation is 1. The Hall–Kier alpha value is -3.00. The summed E-state index contributed by atoms with van der Waals surface area (Å²) in [5.74, 6) is 0.331. The Morgan fingerprint density at radius 1 is 0.867 bits per heavy atom. The van der Waals surface area contributed by atoms with Gasteiger partial charge in [-0.25, -0.2) is 0 Å². The minimum Gasteiger partial charge on any atom is -0.394 e. The van der Waals surface area contributed by atoms with E-state index in [1.807, 2.05) is 41.3 Å². The Labute approximate surface area is 173 Å². The maximum Gasteiger partial charge on any atom is 0.437 e. The summed E-state index contributed by atoms with van der Waals surface area (Å²) in [6.07, 6.45) is -4.56. The fourth-order valence-electron chi connectivity index (χ4n) is 4.19. The summed E-state index contributed by atoms with van der Waals surface area (Å²) in [5.41, 5.74) is 6.90. The zero-order chi connectivity index (χ0) is 21.3. The van der Waals surface area contributed by atoms with E-state index in [0.717, 1.165) is 0 Å². The van der Waals surface area contributed by atoms with Crippen molar-refractivity contribution < 1.29 is 13.2 Å². The van der Waals surface area contributed by atoms with Gasteiger partial charge >= 0.3 is 6.18 Å². The molecule has 8 heteroatoms. The van der Waals surface area contributed by atoms with E-state index in [2.05, 4.69) is 34.3 Å². The molecule has 30 heavy (non-hydrogen) atoms. The predicted octanol–water partition coefficient (Wildman–Crippen LogP) is 3.93. The first kappa shape index (κ1) is 20.3. The number of benzene rings is 2. The van der Waals surface area contributed by atoms with E-state index in [9.17, 15) is 13.2 Å². The molecule has 1 saturated heterocycles. The second kappa shape index (κ2) is 8.02. The Balaban J connectivity index is 1.57. The highest BCUT2D eigenvalue weighted by Crippen LogP contribution is 2.38. The average molecular weight is 415 g/mol. The number of hydrogen-bond donors (Lipinski definition) is 1. The van der Waals surface area contributed by atoms with Crippen molar-refractivity contribution in [2.75, 3.05) is 36.8 Å². The Kier molecular flexibility index (Phi) is 5.42. The second-order valence-electron chi connectivity index (χ2n) is 7.45. The van der Waals surface area contributed by atoms with Gasteiger partial charge in [-0.2, -0.15) is 18.3 Å². The molecule has 0 bridgehead atoms. The van der Waals surface area contributed by atoms with Crippen molar-refractivity contribution in [3.8, 4) is 0 Å². The number of halogens is 3. The highest BCUT2D eigenvalue weighted by Gasteiger charge is 2.39. The number of anilines is 2. The maximum atomic E-state index is 13.2. The van der Waals surface area contributed by atoms with E-state index < -0.39 is 11.9 Å². The molecule has 0 saturated carbocycles. The highest BCUT2D eigenvalue weighted by atomic mass is 19.4. The van der Waals surface area contributed by atoms with Crippen molar-refractivity contribution in [1.82, 2.24) is 14.7 Å². The molecule has 2 N–H and O–H groups in total. The van der Waals surface area contributed by atoms with Gasteiger partial charge in [-0.05, 0) is 11.1 Å². The van der Waals surface area contributed by atoms with Gasteiger partial charge < -0.3 is 10.6 Å². The fraction of sp³-hybridized carbons (Fsp3) is 0.318. The third kappa shape index (κ3) is 3.87. The number of nitrogens with two attached hydrogens (primary N) is 1. The van der Waals surface area contributed by atoms with Gasteiger partial charge in [-0.15, -0.1) is 0 Å². The van der Waals surface area contributed by atoms with Gasteiger partial charge in [-0.3, -0.25) is 9.58 Å². The first-order valence-electron chi connectivity index (χ1n) is 9.85. The van der Waals surface area contributed by atoms with E-state index in [1.165, 1.54) is 22.9 Å². The summed E-state index contributed by atoms with van der Waals surface area (Å²) >= 11 is 0. The van der Waals surface area contributed by atoms with Crippen LogP contribution in [0.5, 0.6) is 0 Å². The van der Waals surface area contributed by atoms with Gasteiger partial charge in [0.2, 0.25) is 0 Å². The number of aromatic nitrogens is 2. The molecule has 158 valence electrons. The van der Waals surface area contributed by atoms with Crippen LogP contribution in [0, 0.1) is 0 Å². The van der Waals surface area contributed by atoms with Gasteiger partial charge in [0.1, 0.15) is 5.69 Å². The molecule has 0 amide bonds. The van der Waals surface area contributed by atoms with E-state index in [4.69, 9.17) is 5.73 Å². The van der Waals surface area contributed by atoms with Gasteiger partial charge in [0.25, 0.3) is 0 Å². The van der Waals surface area contributed by atoms with Gasteiger partial charge in [0, 0.05) is 33.2 Å². The van der Waals surface area contributed by atoms with E-state index in [0.29, 0.717) is 32.0 Å². The molecule has 1 aliphatic heterocycles. The zero-order valence-electron chi connectivity index (χ0n) is 16.7. The second-order valence-corrected chi connectivity index (χ2v) is 7.45. The first-order valence-corrected chi connectivity index (χ1v) is 9.85. The standard InChI is InChI=1S/C22H24F3N5/c1-28-21(18(26)20(27-28)22(23,24)25)30-14-12-29(13-15-30)19(16-8-4-2-5-9-16)17-10-6-3-7-11-17/h2-11,19H,12-15,26H2,1H3. The average Bonchev–Trinajstić information content (AvgIpc) is 3.05. The largest absolute Gasteiger partial charge is 0.437 e. The van der Waals surface area contributed by atoms with Gasteiger partial charge in [0.15, 0.2) is 11.5 Å². The minimum atomic E-state index is -4.56. The highest BCUT2D eigenvalue weighted by molar-refractivity contribution is 5.67. The van der Waals surface area contributed by atoms with E-state index in [1.54, 1.807) is 0 Å². The summed E-state index contributed by atoms with van der Waals surface area (Å²) in [6, 6.07) is 20.6. The monoisotopic (exact) mass is 415 g/mol. The topological polar surface area (TPSA) is 50.3 Å². The van der Waals surface area contributed by atoms with Gasteiger partial charge in [-0.1, -0.05) is 60.7 Å². The quantitative estimate of drug-likeness (QED) is 0.702. The molecule has 1 aliphatic rings. The smallest absolute Gasteiger partial charge is 0.394 e. The van der Waals surface area contributed by atoms with Crippen LogP contribution in [0.1, 0.15) is 22.9 Å². The van der Waals surface area contributed by atoms with Crippen molar-refractivity contribution in [1.29, 1.82) is 0 Å². The molecule has 0 radical (unpaired) electrons. The summed E-state index contributed by atoms with van der Waals surface area (Å²) in [6.45, 7) is 2.52. The zero-order valence-corrected chi connectivity index (χ0v) is 16.7. The van der Waals surface area contributed by atoms with Crippen LogP contribution >= 0.6 is 0 Å². The lowest BCUT2D eigenvalue weighted by atomic mass is 9.96. The number of piperazine rings is 1. The van der Waals surface area contributed by atoms with Crippen LogP contribution < -0.4 is 10.6 Å². The third-order valence-corrected chi connectivity index (χ3v) is 5.53. The van der Waals surface area contributed by atoms with Gasteiger partial charge in [0.05, 0.1) is 6.04 Å². The van der Waals surface area contributed by atoms with Crippen LogP contribution in [0.3, 0.4) is 0 Å². The fourth-order valence-corrected chi connectivity index (χ4v) is 4.19. The van der Waals surface area contributed by atoms with Crippen LogP contribution in [0.4, 0.5) is 24.7 Å². The maximum absolute atomic E-state index is 13.2. The lowest BCUT2D eigenvalue weighted by Gasteiger charge is -2.40.